The number of ether oxygens (including phenoxy) is 1. The lowest BCUT2D eigenvalue weighted by molar-refractivity contribution is -0.141. The number of hydrogen-bond acceptors (Lipinski definition) is 5. The van der Waals surface area contributed by atoms with Gasteiger partial charge in [-0.1, -0.05) is 6.42 Å². The van der Waals surface area contributed by atoms with Crippen molar-refractivity contribution in [2.24, 2.45) is 0 Å². The molecular formula is C16H27N3O4S. The van der Waals surface area contributed by atoms with Gasteiger partial charge in [-0.15, -0.1) is 0 Å². The maximum absolute atomic E-state index is 12.0. The highest BCUT2D eigenvalue weighted by Crippen LogP contribution is 2.36. The molecule has 0 saturated carbocycles. The van der Waals surface area contributed by atoms with E-state index in [-0.39, 0.29) is 36.4 Å². The van der Waals surface area contributed by atoms with Gasteiger partial charge in [-0.25, -0.2) is 4.79 Å². The highest BCUT2D eigenvalue weighted by Gasteiger charge is 2.46. The van der Waals surface area contributed by atoms with Crippen molar-refractivity contribution in [3.63, 3.8) is 0 Å². The Balaban J connectivity index is 1.63. The first kappa shape index (κ1) is 18.9. The molecule has 3 amide bonds. The maximum atomic E-state index is 12.0. The Morgan fingerprint density at radius 2 is 2.12 bits per heavy atom. The molecule has 7 nitrogen and oxygen atoms in total. The highest BCUT2D eigenvalue weighted by atomic mass is 32.2. The third-order valence-corrected chi connectivity index (χ3v) is 6.29. The van der Waals surface area contributed by atoms with E-state index < -0.39 is 0 Å². The zero-order valence-electron chi connectivity index (χ0n) is 14.6. The number of rotatable bonds is 8. The van der Waals surface area contributed by atoms with Gasteiger partial charge in [0.2, 0.25) is 5.91 Å². The fourth-order valence-electron chi connectivity index (χ4n) is 3.28. The van der Waals surface area contributed by atoms with Gasteiger partial charge in [0, 0.05) is 38.1 Å². The lowest BCUT2D eigenvalue weighted by Crippen LogP contribution is -2.38. The van der Waals surface area contributed by atoms with Crippen LogP contribution in [0.25, 0.3) is 0 Å². The summed E-state index contributed by atoms with van der Waals surface area (Å²) >= 11 is 1.92. The summed E-state index contributed by atoms with van der Waals surface area (Å²) in [5.41, 5.74) is 0. The van der Waals surface area contributed by atoms with Crippen LogP contribution in [-0.4, -0.2) is 78.5 Å². The van der Waals surface area contributed by atoms with Crippen LogP contribution >= 0.6 is 11.8 Å². The number of thioether (sulfide) groups is 1. The number of methoxy groups -OCH3 is 1. The average Bonchev–Trinajstić information content (AvgIpc) is 3.09. The Labute approximate surface area is 147 Å². The Morgan fingerprint density at radius 3 is 2.83 bits per heavy atom. The van der Waals surface area contributed by atoms with E-state index in [1.165, 1.54) is 7.11 Å². The van der Waals surface area contributed by atoms with Crippen LogP contribution in [0.2, 0.25) is 0 Å². The van der Waals surface area contributed by atoms with Gasteiger partial charge in [0.25, 0.3) is 0 Å². The Bertz CT molecular complexity index is 488. The van der Waals surface area contributed by atoms with Crippen LogP contribution in [0.4, 0.5) is 4.79 Å². The maximum Gasteiger partial charge on any atom is 0.317 e. The molecule has 2 fully saturated rings. The van der Waals surface area contributed by atoms with Crippen LogP contribution in [-0.2, 0) is 14.3 Å². The van der Waals surface area contributed by atoms with Crippen LogP contribution < -0.4 is 5.32 Å². The van der Waals surface area contributed by atoms with Crippen molar-refractivity contribution in [3.05, 3.63) is 0 Å². The fraction of sp³-hybridized carbons (Fsp3) is 0.812. The van der Waals surface area contributed by atoms with Crippen molar-refractivity contribution in [3.8, 4) is 0 Å². The normalized spacial score (nSPS) is 25.4. The van der Waals surface area contributed by atoms with Crippen molar-refractivity contribution in [2.75, 3.05) is 33.5 Å². The lowest BCUT2D eigenvalue weighted by atomic mass is 10.0. The van der Waals surface area contributed by atoms with E-state index in [0.29, 0.717) is 18.2 Å². The molecule has 2 heterocycles. The molecule has 2 rings (SSSR count). The lowest BCUT2D eigenvalue weighted by Gasteiger charge is -2.23. The predicted octanol–water partition coefficient (Wildman–Crippen LogP) is 1.08. The van der Waals surface area contributed by atoms with E-state index >= 15 is 0 Å². The van der Waals surface area contributed by atoms with Crippen LogP contribution in [0.1, 0.15) is 32.1 Å². The summed E-state index contributed by atoms with van der Waals surface area (Å²) in [5.74, 6) is 0.734. The summed E-state index contributed by atoms with van der Waals surface area (Å²) < 4.78 is 4.57. The molecular weight excluding hydrogens is 330 g/mol. The van der Waals surface area contributed by atoms with Crippen molar-refractivity contribution >= 4 is 29.7 Å². The fourth-order valence-corrected chi connectivity index (χ4v) is 4.92. The molecule has 0 spiro atoms. The van der Waals surface area contributed by atoms with Gasteiger partial charge >= 0.3 is 12.0 Å². The standard InChI is InChI=1S/C16H27N3O4S/c1-18(9-8-14(21)23-3)13(20)7-5-4-6-12-15-11(10-24-12)17-16(22)19(15)2/h11-12,15H,4-10H2,1-3H3,(H,17,22)/t11?,12-,15?/m0/s1. The van der Waals surface area contributed by atoms with Crippen molar-refractivity contribution in [1.29, 1.82) is 0 Å². The molecule has 136 valence electrons. The summed E-state index contributed by atoms with van der Waals surface area (Å²) in [6.07, 6.45) is 3.55. The van der Waals surface area contributed by atoms with E-state index in [2.05, 4.69) is 10.1 Å². The molecule has 0 aromatic rings. The minimum absolute atomic E-state index is 0.0257. The van der Waals surface area contributed by atoms with Gasteiger partial charge in [0.15, 0.2) is 0 Å². The summed E-state index contributed by atoms with van der Waals surface area (Å²) in [4.78, 5) is 38.2. The first-order valence-electron chi connectivity index (χ1n) is 8.39. The van der Waals surface area contributed by atoms with E-state index in [9.17, 15) is 14.4 Å². The van der Waals surface area contributed by atoms with E-state index in [0.717, 1.165) is 25.0 Å². The minimum Gasteiger partial charge on any atom is -0.469 e. The smallest absolute Gasteiger partial charge is 0.317 e. The zero-order chi connectivity index (χ0) is 17.7. The largest absolute Gasteiger partial charge is 0.469 e. The van der Waals surface area contributed by atoms with Crippen molar-refractivity contribution < 1.29 is 19.1 Å². The monoisotopic (exact) mass is 357 g/mol. The van der Waals surface area contributed by atoms with Crippen LogP contribution in [0.5, 0.6) is 0 Å². The number of esters is 1. The molecule has 1 N–H and O–H groups in total. The molecule has 2 aliphatic heterocycles. The van der Waals surface area contributed by atoms with Crippen molar-refractivity contribution in [2.45, 2.75) is 49.4 Å². The van der Waals surface area contributed by atoms with Gasteiger partial charge in [0.05, 0.1) is 25.6 Å². The van der Waals surface area contributed by atoms with Crippen molar-refractivity contribution in [1.82, 2.24) is 15.1 Å². The number of amides is 3. The first-order chi connectivity index (χ1) is 11.4. The third-order valence-electron chi connectivity index (χ3n) is 4.79. The van der Waals surface area contributed by atoms with E-state index in [4.69, 9.17) is 0 Å². The van der Waals surface area contributed by atoms with E-state index in [1.54, 1.807) is 11.9 Å². The Kier molecular flexibility index (Phi) is 6.77. The summed E-state index contributed by atoms with van der Waals surface area (Å²) in [6, 6.07) is 0.572. The quantitative estimate of drug-likeness (QED) is 0.399. The average molecular weight is 357 g/mol. The number of hydrogen-bond donors (Lipinski definition) is 1. The van der Waals surface area contributed by atoms with Gasteiger partial charge < -0.3 is 19.9 Å². The second-order valence-electron chi connectivity index (χ2n) is 6.42. The molecule has 0 bridgehead atoms. The highest BCUT2D eigenvalue weighted by molar-refractivity contribution is 8.00. The molecule has 2 saturated heterocycles. The van der Waals surface area contributed by atoms with Crippen LogP contribution in [0.15, 0.2) is 0 Å². The molecule has 0 aromatic heterocycles. The molecule has 24 heavy (non-hydrogen) atoms. The van der Waals surface area contributed by atoms with Gasteiger partial charge in [-0.3, -0.25) is 9.59 Å². The summed E-state index contributed by atoms with van der Waals surface area (Å²) in [6.45, 7) is 0.395. The van der Waals surface area contributed by atoms with Crippen LogP contribution in [0, 0.1) is 0 Å². The number of likely N-dealkylation sites (N-methyl/N-ethyl adjacent to an activating group) is 1. The minimum atomic E-state index is -0.300. The molecule has 8 heteroatoms. The molecule has 2 aliphatic rings. The Hall–Kier alpha value is -1.44. The second-order valence-corrected chi connectivity index (χ2v) is 7.69. The number of fused-ring (bicyclic) bond motifs is 1. The zero-order valence-corrected chi connectivity index (χ0v) is 15.4. The number of carbonyl (C=O) groups excluding carboxylic acids is 3. The first-order valence-corrected chi connectivity index (χ1v) is 9.44. The number of nitrogens with zero attached hydrogens (tertiary/aromatic N) is 2. The molecule has 2 unspecified atom stereocenters. The number of urea groups is 1. The molecule has 0 aromatic carbocycles. The van der Waals surface area contributed by atoms with Gasteiger partial charge in [-0.2, -0.15) is 11.8 Å². The SMILES string of the molecule is COC(=O)CCN(C)C(=O)CCCC[C@@H]1SCC2NC(=O)N(C)C21. The van der Waals surface area contributed by atoms with Gasteiger partial charge in [-0.05, 0) is 12.8 Å². The number of carbonyl (C=O) groups is 3. The van der Waals surface area contributed by atoms with Gasteiger partial charge in [0.1, 0.15) is 0 Å². The second kappa shape index (κ2) is 8.60. The molecule has 3 atom stereocenters. The summed E-state index contributed by atoms with van der Waals surface area (Å²) in [5, 5.41) is 3.46. The Morgan fingerprint density at radius 1 is 1.38 bits per heavy atom. The number of unbranched alkanes of at least 4 members (excludes halogenated alkanes) is 1. The molecule has 0 radical (unpaired) electrons. The van der Waals surface area contributed by atoms with E-state index in [1.807, 2.05) is 23.7 Å². The third kappa shape index (κ3) is 4.55. The number of nitrogens with one attached hydrogen (secondary N) is 1. The topological polar surface area (TPSA) is 79.0 Å². The predicted molar refractivity (Wildman–Crippen MR) is 92.9 cm³/mol. The summed E-state index contributed by atoms with van der Waals surface area (Å²) in [7, 11) is 4.92. The van der Waals surface area contributed by atoms with Crippen LogP contribution in [0.3, 0.4) is 0 Å². The molecule has 0 aliphatic carbocycles.